The van der Waals surface area contributed by atoms with Gasteiger partial charge in [0, 0.05) is 6.20 Å². The van der Waals surface area contributed by atoms with Gasteiger partial charge in [-0.15, -0.1) is 5.10 Å². The van der Waals surface area contributed by atoms with Crippen LogP contribution in [-0.2, 0) is 0 Å². The van der Waals surface area contributed by atoms with E-state index >= 15 is 0 Å². The van der Waals surface area contributed by atoms with Crippen LogP contribution in [0.1, 0.15) is 32.2 Å². The van der Waals surface area contributed by atoms with Crippen molar-refractivity contribution in [2.75, 3.05) is 0 Å². The van der Waals surface area contributed by atoms with Gasteiger partial charge in [-0.3, -0.25) is 0 Å². The Hall–Kier alpha value is -0.900. The van der Waals surface area contributed by atoms with Crippen LogP contribution in [0, 0.1) is 0 Å². The summed E-state index contributed by atoms with van der Waals surface area (Å²) in [4.78, 5) is 0. The Morgan fingerprint density at radius 2 is 2.50 bits per heavy atom. The second-order valence-corrected chi connectivity index (χ2v) is 3.65. The van der Waals surface area contributed by atoms with Gasteiger partial charge in [-0.05, 0) is 26.2 Å². The van der Waals surface area contributed by atoms with Crippen LogP contribution in [0.15, 0.2) is 12.4 Å². The normalized spacial score (nSPS) is 35.7. The molecule has 66 valence electrons. The quantitative estimate of drug-likeness (QED) is 0.671. The highest BCUT2D eigenvalue weighted by Crippen LogP contribution is 2.38. The molecule has 0 aliphatic heterocycles. The zero-order chi connectivity index (χ0) is 8.60. The van der Waals surface area contributed by atoms with Gasteiger partial charge in [0.1, 0.15) is 0 Å². The molecule has 1 aromatic heterocycles. The molecule has 4 nitrogen and oxygen atoms in total. The van der Waals surface area contributed by atoms with Gasteiger partial charge in [-0.2, -0.15) is 0 Å². The monoisotopic (exact) mass is 167 g/mol. The van der Waals surface area contributed by atoms with E-state index in [4.69, 9.17) is 0 Å². The third kappa shape index (κ3) is 1.12. The molecule has 2 atom stereocenters. The molecule has 0 amide bonds. The Morgan fingerprint density at radius 1 is 1.67 bits per heavy atom. The molecule has 12 heavy (non-hydrogen) atoms. The first-order chi connectivity index (χ1) is 5.70. The Labute approximate surface area is 71.2 Å². The van der Waals surface area contributed by atoms with Crippen LogP contribution in [-0.4, -0.2) is 25.7 Å². The van der Waals surface area contributed by atoms with Crippen molar-refractivity contribution in [1.82, 2.24) is 15.0 Å². The van der Waals surface area contributed by atoms with E-state index < -0.39 is 5.60 Å². The molecule has 0 bridgehead atoms. The summed E-state index contributed by atoms with van der Waals surface area (Å²) in [6.07, 6.45) is 6.38. The lowest BCUT2D eigenvalue weighted by molar-refractivity contribution is 0.0215. The molecule has 0 radical (unpaired) electrons. The molecule has 1 N–H and O–H groups in total. The van der Waals surface area contributed by atoms with E-state index in [0.29, 0.717) is 0 Å². The second kappa shape index (κ2) is 2.55. The van der Waals surface area contributed by atoms with Crippen LogP contribution in [0.5, 0.6) is 0 Å². The van der Waals surface area contributed by atoms with E-state index in [-0.39, 0.29) is 6.04 Å². The predicted octanol–water partition coefficient (Wildman–Crippen LogP) is 0.754. The minimum Gasteiger partial charge on any atom is -0.388 e. The number of nitrogens with zero attached hydrogens (tertiary/aromatic N) is 3. The zero-order valence-electron chi connectivity index (χ0n) is 7.14. The number of rotatable bonds is 1. The maximum atomic E-state index is 9.94. The van der Waals surface area contributed by atoms with Crippen LogP contribution in [0.4, 0.5) is 0 Å². The molecule has 4 heteroatoms. The minimum atomic E-state index is -0.603. The summed E-state index contributed by atoms with van der Waals surface area (Å²) in [5.41, 5.74) is -0.603. The van der Waals surface area contributed by atoms with Crippen LogP contribution in [0.2, 0.25) is 0 Å². The highest BCUT2D eigenvalue weighted by atomic mass is 16.3. The molecule has 1 aliphatic rings. The van der Waals surface area contributed by atoms with Crippen molar-refractivity contribution in [2.45, 2.75) is 37.8 Å². The van der Waals surface area contributed by atoms with Gasteiger partial charge in [-0.25, -0.2) is 4.68 Å². The molecule has 1 aromatic rings. The van der Waals surface area contributed by atoms with E-state index in [1.807, 2.05) is 13.1 Å². The Bertz CT molecular complexity index is 255. The van der Waals surface area contributed by atoms with Crippen molar-refractivity contribution in [3.8, 4) is 0 Å². The fourth-order valence-electron chi connectivity index (χ4n) is 1.93. The molecule has 0 aromatic carbocycles. The van der Waals surface area contributed by atoms with Crippen molar-refractivity contribution in [3.05, 3.63) is 12.4 Å². The SMILES string of the molecule is CC1(O)CCCC1n1ccnn1. The van der Waals surface area contributed by atoms with Gasteiger partial charge >= 0.3 is 0 Å². The van der Waals surface area contributed by atoms with Crippen LogP contribution >= 0.6 is 0 Å². The van der Waals surface area contributed by atoms with Crippen molar-refractivity contribution in [1.29, 1.82) is 0 Å². The predicted molar refractivity (Wildman–Crippen MR) is 43.5 cm³/mol. The van der Waals surface area contributed by atoms with E-state index in [0.717, 1.165) is 19.3 Å². The third-order valence-corrected chi connectivity index (χ3v) is 2.64. The van der Waals surface area contributed by atoms with Crippen molar-refractivity contribution >= 4 is 0 Å². The van der Waals surface area contributed by atoms with Gasteiger partial charge in [0.05, 0.1) is 17.8 Å². The van der Waals surface area contributed by atoms with Crippen molar-refractivity contribution < 1.29 is 5.11 Å². The molecule has 1 heterocycles. The lowest BCUT2D eigenvalue weighted by Crippen LogP contribution is -2.31. The number of hydrogen-bond donors (Lipinski definition) is 1. The average Bonchev–Trinajstić information content (AvgIpc) is 2.55. The van der Waals surface area contributed by atoms with Crippen molar-refractivity contribution in [3.63, 3.8) is 0 Å². The van der Waals surface area contributed by atoms with Crippen molar-refractivity contribution in [2.24, 2.45) is 0 Å². The molecule has 1 saturated carbocycles. The van der Waals surface area contributed by atoms with E-state index in [2.05, 4.69) is 10.3 Å². The molecular weight excluding hydrogens is 154 g/mol. The van der Waals surface area contributed by atoms with E-state index in [9.17, 15) is 5.11 Å². The van der Waals surface area contributed by atoms with Gasteiger partial charge in [0.15, 0.2) is 0 Å². The first-order valence-corrected chi connectivity index (χ1v) is 4.28. The van der Waals surface area contributed by atoms with Gasteiger partial charge in [-0.1, -0.05) is 5.21 Å². The highest BCUT2D eigenvalue weighted by molar-refractivity contribution is 4.92. The van der Waals surface area contributed by atoms with Crippen LogP contribution < -0.4 is 0 Å². The second-order valence-electron chi connectivity index (χ2n) is 3.65. The Balaban J connectivity index is 2.25. The summed E-state index contributed by atoms with van der Waals surface area (Å²) in [6.45, 7) is 1.87. The van der Waals surface area contributed by atoms with Gasteiger partial charge in [0.25, 0.3) is 0 Å². The summed E-state index contributed by atoms with van der Waals surface area (Å²) >= 11 is 0. The topological polar surface area (TPSA) is 50.9 Å². The molecule has 2 unspecified atom stereocenters. The minimum absolute atomic E-state index is 0.111. The van der Waals surface area contributed by atoms with Gasteiger partial charge < -0.3 is 5.11 Å². The average molecular weight is 167 g/mol. The molecule has 2 rings (SSSR count). The smallest absolute Gasteiger partial charge is 0.0843 e. The molecule has 1 fully saturated rings. The largest absolute Gasteiger partial charge is 0.388 e. The summed E-state index contributed by atoms with van der Waals surface area (Å²) in [6, 6.07) is 0.111. The first kappa shape index (κ1) is 7.73. The van der Waals surface area contributed by atoms with E-state index in [1.54, 1.807) is 10.9 Å². The number of aliphatic hydroxyl groups is 1. The maximum Gasteiger partial charge on any atom is 0.0843 e. The standard InChI is InChI=1S/C8H13N3O/c1-8(12)4-2-3-7(8)11-6-5-9-10-11/h5-7,12H,2-4H2,1H3. The zero-order valence-corrected chi connectivity index (χ0v) is 7.14. The summed E-state index contributed by atoms with van der Waals surface area (Å²) in [5, 5.41) is 17.6. The van der Waals surface area contributed by atoms with Gasteiger partial charge in [0.2, 0.25) is 0 Å². The Kier molecular flexibility index (Phi) is 1.65. The fourth-order valence-corrected chi connectivity index (χ4v) is 1.93. The molecule has 0 spiro atoms. The fraction of sp³-hybridized carbons (Fsp3) is 0.750. The molecular formula is C8H13N3O. The lowest BCUT2D eigenvalue weighted by atomic mass is 10.0. The lowest BCUT2D eigenvalue weighted by Gasteiger charge is -2.24. The van der Waals surface area contributed by atoms with Crippen LogP contribution in [0.3, 0.4) is 0 Å². The third-order valence-electron chi connectivity index (χ3n) is 2.64. The number of aromatic nitrogens is 3. The Morgan fingerprint density at radius 3 is 3.00 bits per heavy atom. The maximum absolute atomic E-state index is 9.94. The summed E-state index contributed by atoms with van der Waals surface area (Å²) in [5.74, 6) is 0. The summed E-state index contributed by atoms with van der Waals surface area (Å²) in [7, 11) is 0. The number of hydrogen-bond acceptors (Lipinski definition) is 3. The highest BCUT2D eigenvalue weighted by Gasteiger charge is 2.38. The molecule has 1 aliphatic carbocycles. The molecule has 0 saturated heterocycles. The van der Waals surface area contributed by atoms with E-state index in [1.165, 1.54) is 0 Å². The summed E-state index contributed by atoms with van der Waals surface area (Å²) < 4.78 is 1.76. The first-order valence-electron chi connectivity index (χ1n) is 4.28. The van der Waals surface area contributed by atoms with Crippen LogP contribution in [0.25, 0.3) is 0 Å².